The average molecular weight is 615 g/mol. The Kier molecular flexibility index (Phi) is 7.78. The minimum Gasteiger partial charge on any atom is -0.303 e. The number of halogens is 4. The number of benzene rings is 2. The number of hydrogen-bond acceptors (Lipinski definition) is 7. The second-order valence-corrected chi connectivity index (χ2v) is 10.3. The van der Waals surface area contributed by atoms with Gasteiger partial charge in [0.1, 0.15) is 29.0 Å². The Labute approximate surface area is 252 Å². The van der Waals surface area contributed by atoms with Crippen molar-refractivity contribution in [3.63, 3.8) is 0 Å². The normalized spacial score (nSPS) is 11.2. The van der Waals surface area contributed by atoms with Crippen LogP contribution in [0.25, 0.3) is 45.2 Å². The van der Waals surface area contributed by atoms with E-state index in [0.717, 1.165) is 17.8 Å². The van der Waals surface area contributed by atoms with Gasteiger partial charge in [-0.15, -0.1) is 0 Å². The van der Waals surface area contributed by atoms with Gasteiger partial charge in [-0.25, -0.2) is 37.5 Å². The van der Waals surface area contributed by atoms with E-state index in [1.54, 1.807) is 47.6 Å². The van der Waals surface area contributed by atoms with Crippen LogP contribution in [0.15, 0.2) is 84.8 Å². The lowest BCUT2D eigenvalue weighted by molar-refractivity contribution is 0.584. The molecule has 0 unspecified atom stereocenters. The first-order valence-corrected chi connectivity index (χ1v) is 14.4. The number of rotatable bonds is 4. The van der Waals surface area contributed by atoms with Crippen LogP contribution in [0.5, 0.6) is 0 Å². The molecule has 0 fully saturated rings. The molecule has 13 heteroatoms. The van der Waals surface area contributed by atoms with E-state index in [1.807, 2.05) is 24.5 Å². The molecular formula is C31H22F4N8S. The molecular weight excluding hydrogens is 592 g/mol. The van der Waals surface area contributed by atoms with Crippen molar-refractivity contribution < 1.29 is 17.6 Å². The van der Waals surface area contributed by atoms with Crippen LogP contribution in [0.1, 0.15) is 11.4 Å². The Hall–Kier alpha value is -5.17. The van der Waals surface area contributed by atoms with Crippen molar-refractivity contribution in [3.05, 3.63) is 114 Å². The number of fused-ring (bicyclic) bond motifs is 2. The van der Waals surface area contributed by atoms with Gasteiger partial charge in [0.15, 0.2) is 16.5 Å². The third-order valence-electron chi connectivity index (χ3n) is 6.72. The summed E-state index contributed by atoms with van der Waals surface area (Å²) in [5.41, 5.74) is 5.23. The highest BCUT2D eigenvalue weighted by atomic mass is 32.2. The minimum absolute atomic E-state index is 0.203. The van der Waals surface area contributed by atoms with E-state index in [1.165, 1.54) is 36.0 Å². The van der Waals surface area contributed by atoms with Crippen molar-refractivity contribution in [3.8, 4) is 33.9 Å². The molecule has 7 aromatic rings. The molecule has 5 aromatic heterocycles. The third-order valence-corrected chi connectivity index (χ3v) is 7.28. The largest absolute Gasteiger partial charge is 0.303 e. The standard InChI is InChI=1S/C18H13F2N5S.C13H9F2N3/c1-10-17-24-15(12-4-3-11(19)9-13(12)20)16(25(17)8-7-21-10)14-5-6-22-18(23-14)26-2;1-8-13-17-12(7-18(13)5-4-16-8)10-3-2-9(14)6-11(10)15/h3-9H,1-2H3;2-7H,1H3. The fraction of sp³-hybridized carbons (Fsp3) is 0.0968. The number of thioether (sulfide) groups is 1. The summed E-state index contributed by atoms with van der Waals surface area (Å²) in [6.07, 6.45) is 12.0. The van der Waals surface area contributed by atoms with Crippen molar-refractivity contribution in [1.29, 1.82) is 0 Å². The maximum absolute atomic E-state index is 14.5. The fourth-order valence-corrected chi connectivity index (χ4v) is 5.02. The summed E-state index contributed by atoms with van der Waals surface area (Å²) in [4.78, 5) is 25.9. The zero-order valence-electron chi connectivity index (χ0n) is 23.5. The van der Waals surface area contributed by atoms with Gasteiger partial charge in [0, 0.05) is 60.4 Å². The smallest absolute Gasteiger partial charge is 0.187 e. The summed E-state index contributed by atoms with van der Waals surface area (Å²) in [7, 11) is 0. The molecule has 0 aliphatic heterocycles. The molecule has 44 heavy (non-hydrogen) atoms. The van der Waals surface area contributed by atoms with Crippen LogP contribution in [-0.2, 0) is 0 Å². The molecule has 2 aromatic carbocycles. The van der Waals surface area contributed by atoms with Crippen LogP contribution in [0.2, 0.25) is 0 Å². The van der Waals surface area contributed by atoms with E-state index < -0.39 is 23.3 Å². The van der Waals surface area contributed by atoms with E-state index in [0.29, 0.717) is 44.9 Å². The monoisotopic (exact) mass is 614 g/mol. The number of nitrogens with zero attached hydrogens (tertiary/aromatic N) is 8. The highest BCUT2D eigenvalue weighted by Crippen LogP contribution is 2.34. The van der Waals surface area contributed by atoms with Crippen molar-refractivity contribution in [1.82, 2.24) is 38.7 Å². The third kappa shape index (κ3) is 5.49. The molecule has 0 N–H and O–H groups in total. The Morgan fingerprint density at radius 2 is 1.32 bits per heavy atom. The maximum atomic E-state index is 14.5. The van der Waals surface area contributed by atoms with Gasteiger partial charge in [0.2, 0.25) is 0 Å². The van der Waals surface area contributed by atoms with Gasteiger partial charge < -0.3 is 4.40 Å². The van der Waals surface area contributed by atoms with E-state index in [9.17, 15) is 17.6 Å². The molecule has 7 rings (SSSR count). The van der Waals surface area contributed by atoms with Crippen molar-refractivity contribution in [2.45, 2.75) is 19.0 Å². The molecule has 0 saturated heterocycles. The Morgan fingerprint density at radius 3 is 1.98 bits per heavy atom. The summed E-state index contributed by atoms with van der Waals surface area (Å²) >= 11 is 1.41. The zero-order valence-corrected chi connectivity index (χ0v) is 24.3. The van der Waals surface area contributed by atoms with Gasteiger partial charge in [-0.05, 0) is 50.4 Å². The molecule has 0 saturated carbocycles. The molecule has 0 aliphatic rings. The highest BCUT2D eigenvalue weighted by Gasteiger charge is 2.21. The van der Waals surface area contributed by atoms with E-state index in [2.05, 4.69) is 29.9 Å². The van der Waals surface area contributed by atoms with E-state index in [-0.39, 0.29) is 11.1 Å². The van der Waals surface area contributed by atoms with E-state index in [4.69, 9.17) is 0 Å². The van der Waals surface area contributed by atoms with Crippen molar-refractivity contribution in [2.75, 3.05) is 6.26 Å². The van der Waals surface area contributed by atoms with E-state index >= 15 is 0 Å². The van der Waals surface area contributed by atoms with Crippen LogP contribution in [0.4, 0.5) is 17.6 Å². The number of imidazole rings is 2. The van der Waals surface area contributed by atoms with Crippen LogP contribution in [-0.4, -0.2) is 45.0 Å². The Balaban J connectivity index is 0.000000167. The average Bonchev–Trinajstić information content (AvgIpc) is 3.61. The van der Waals surface area contributed by atoms with Gasteiger partial charge in [0.05, 0.1) is 28.5 Å². The lowest BCUT2D eigenvalue weighted by Gasteiger charge is -2.07. The van der Waals surface area contributed by atoms with Gasteiger partial charge in [-0.3, -0.25) is 14.4 Å². The fourth-order valence-electron chi connectivity index (χ4n) is 4.66. The molecule has 0 aliphatic carbocycles. The second-order valence-electron chi connectivity index (χ2n) is 9.56. The molecule has 8 nitrogen and oxygen atoms in total. The van der Waals surface area contributed by atoms with Crippen LogP contribution >= 0.6 is 11.8 Å². The topological polar surface area (TPSA) is 86.2 Å². The minimum atomic E-state index is -0.681. The molecule has 0 atom stereocenters. The number of hydrogen-bond donors (Lipinski definition) is 0. The first kappa shape index (κ1) is 28.9. The zero-order chi connectivity index (χ0) is 31.0. The number of aromatic nitrogens is 8. The Morgan fingerprint density at radius 1 is 0.659 bits per heavy atom. The molecule has 0 amide bonds. The van der Waals surface area contributed by atoms with Crippen molar-refractivity contribution >= 4 is 23.1 Å². The second kappa shape index (κ2) is 11.8. The molecule has 0 radical (unpaired) electrons. The first-order valence-electron chi connectivity index (χ1n) is 13.2. The highest BCUT2D eigenvalue weighted by molar-refractivity contribution is 7.98. The molecule has 0 bridgehead atoms. The SMILES string of the molecule is CSc1nccc(-c2c(-c3ccc(F)cc3F)nc3c(C)nccn23)n1.Cc1nccn2cc(-c3ccc(F)cc3F)nc12. The summed E-state index contributed by atoms with van der Waals surface area (Å²) in [6, 6.07) is 8.64. The number of aryl methyl sites for hydroxylation is 2. The molecule has 220 valence electrons. The van der Waals surface area contributed by atoms with Gasteiger partial charge in [0.25, 0.3) is 0 Å². The Bertz CT molecular complexity index is 2160. The first-order chi connectivity index (χ1) is 21.2. The summed E-state index contributed by atoms with van der Waals surface area (Å²) < 4.78 is 57.9. The van der Waals surface area contributed by atoms with Gasteiger partial charge >= 0.3 is 0 Å². The van der Waals surface area contributed by atoms with Gasteiger partial charge in [-0.2, -0.15) is 0 Å². The van der Waals surface area contributed by atoms with Crippen molar-refractivity contribution in [2.24, 2.45) is 0 Å². The predicted molar refractivity (Wildman–Crippen MR) is 159 cm³/mol. The van der Waals surface area contributed by atoms with Gasteiger partial charge in [-0.1, -0.05) is 11.8 Å². The molecule has 5 heterocycles. The van der Waals surface area contributed by atoms with Crippen LogP contribution in [0, 0.1) is 37.1 Å². The quantitative estimate of drug-likeness (QED) is 0.118. The lowest BCUT2D eigenvalue weighted by Crippen LogP contribution is -1.96. The lowest BCUT2D eigenvalue weighted by atomic mass is 10.1. The summed E-state index contributed by atoms with van der Waals surface area (Å²) in [5.74, 6) is -2.54. The summed E-state index contributed by atoms with van der Waals surface area (Å²) in [6.45, 7) is 3.65. The van der Waals surface area contributed by atoms with Crippen LogP contribution < -0.4 is 0 Å². The predicted octanol–water partition coefficient (Wildman–Crippen LogP) is 7.14. The van der Waals surface area contributed by atoms with Crippen LogP contribution in [0.3, 0.4) is 0 Å². The molecule has 0 spiro atoms. The maximum Gasteiger partial charge on any atom is 0.187 e. The summed E-state index contributed by atoms with van der Waals surface area (Å²) in [5, 5.41) is 0.591.